The van der Waals surface area contributed by atoms with E-state index in [0.29, 0.717) is 30.7 Å². The summed E-state index contributed by atoms with van der Waals surface area (Å²) in [5.74, 6) is 1.50. The van der Waals surface area contributed by atoms with Crippen molar-refractivity contribution in [2.45, 2.75) is 32.2 Å². The van der Waals surface area contributed by atoms with Crippen LogP contribution in [0.3, 0.4) is 0 Å². The molecule has 4 atom stereocenters. The van der Waals surface area contributed by atoms with Crippen molar-refractivity contribution in [3.05, 3.63) is 24.3 Å². The van der Waals surface area contributed by atoms with Crippen LogP contribution < -0.4 is 15.4 Å². The minimum atomic E-state index is -0.271. The van der Waals surface area contributed by atoms with Crippen molar-refractivity contribution in [2.24, 2.45) is 23.5 Å². The van der Waals surface area contributed by atoms with Crippen LogP contribution in [-0.4, -0.2) is 49.0 Å². The van der Waals surface area contributed by atoms with Crippen molar-refractivity contribution >= 4 is 29.9 Å². The molecule has 6 nitrogen and oxygen atoms in total. The molecule has 3 fully saturated rings. The lowest BCUT2D eigenvalue weighted by Crippen LogP contribution is -2.38. The summed E-state index contributed by atoms with van der Waals surface area (Å²) in [4.78, 5) is 29.2. The summed E-state index contributed by atoms with van der Waals surface area (Å²) in [5, 5.41) is 0. The maximum atomic E-state index is 13.0. The lowest BCUT2D eigenvalue weighted by atomic mass is 9.98. The van der Waals surface area contributed by atoms with Crippen molar-refractivity contribution in [1.29, 1.82) is 0 Å². The number of fused-ring (bicyclic) bond motifs is 1. The van der Waals surface area contributed by atoms with E-state index in [1.807, 2.05) is 36.1 Å². The summed E-state index contributed by atoms with van der Waals surface area (Å²) >= 11 is 0. The van der Waals surface area contributed by atoms with Crippen molar-refractivity contribution in [1.82, 2.24) is 4.90 Å². The van der Waals surface area contributed by atoms with Gasteiger partial charge in [-0.05, 0) is 43.7 Å². The number of para-hydroxylation sites is 2. The van der Waals surface area contributed by atoms with Crippen LogP contribution in [0.25, 0.3) is 0 Å². The van der Waals surface area contributed by atoms with E-state index >= 15 is 0 Å². The lowest BCUT2D eigenvalue weighted by molar-refractivity contribution is -0.135. The van der Waals surface area contributed by atoms with Gasteiger partial charge in [0, 0.05) is 32.1 Å². The molecule has 27 heavy (non-hydrogen) atoms. The van der Waals surface area contributed by atoms with Crippen LogP contribution in [0.4, 0.5) is 5.69 Å². The average molecular weight is 394 g/mol. The highest BCUT2D eigenvalue weighted by Crippen LogP contribution is 2.39. The lowest BCUT2D eigenvalue weighted by Gasteiger charge is -2.23. The second-order valence-corrected chi connectivity index (χ2v) is 7.71. The maximum absolute atomic E-state index is 13.0. The fourth-order valence-corrected chi connectivity index (χ4v) is 4.81. The zero-order chi connectivity index (χ0) is 18.3. The van der Waals surface area contributed by atoms with Gasteiger partial charge in [-0.1, -0.05) is 12.1 Å². The monoisotopic (exact) mass is 393 g/mol. The van der Waals surface area contributed by atoms with E-state index in [2.05, 4.69) is 0 Å². The van der Waals surface area contributed by atoms with Crippen LogP contribution in [0, 0.1) is 17.8 Å². The Morgan fingerprint density at radius 3 is 2.74 bits per heavy atom. The van der Waals surface area contributed by atoms with E-state index in [9.17, 15) is 9.59 Å². The molecule has 148 valence electrons. The summed E-state index contributed by atoms with van der Waals surface area (Å²) < 4.78 is 5.65. The van der Waals surface area contributed by atoms with Gasteiger partial charge in [-0.3, -0.25) is 9.59 Å². The molecule has 2 aliphatic heterocycles. The minimum absolute atomic E-state index is 0. The van der Waals surface area contributed by atoms with Gasteiger partial charge in [0.25, 0.3) is 0 Å². The number of carbonyl (C=O) groups excluding carboxylic acids is 2. The van der Waals surface area contributed by atoms with Gasteiger partial charge < -0.3 is 20.3 Å². The van der Waals surface area contributed by atoms with Crippen molar-refractivity contribution in [3.63, 3.8) is 0 Å². The first-order valence-corrected chi connectivity index (χ1v) is 9.65. The molecule has 2 saturated heterocycles. The highest BCUT2D eigenvalue weighted by molar-refractivity contribution is 6.01. The van der Waals surface area contributed by atoms with Gasteiger partial charge in [0.05, 0.1) is 18.2 Å². The van der Waals surface area contributed by atoms with Gasteiger partial charge in [0.15, 0.2) is 0 Å². The number of benzene rings is 1. The summed E-state index contributed by atoms with van der Waals surface area (Å²) in [6.07, 6.45) is 2.46. The van der Waals surface area contributed by atoms with Gasteiger partial charge in [0.2, 0.25) is 11.8 Å². The first kappa shape index (κ1) is 20.0. The molecule has 0 radical (unpaired) electrons. The van der Waals surface area contributed by atoms with Crippen LogP contribution in [0.1, 0.15) is 26.2 Å². The van der Waals surface area contributed by atoms with Gasteiger partial charge in [0.1, 0.15) is 5.75 Å². The van der Waals surface area contributed by atoms with Crippen LogP contribution in [0.5, 0.6) is 5.75 Å². The van der Waals surface area contributed by atoms with E-state index in [0.717, 1.165) is 31.6 Å². The number of hydrogen-bond donors (Lipinski definition) is 1. The Bertz CT molecular complexity index is 713. The van der Waals surface area contributed by atoms with Gasteiger partial charge in [-0.2, -0.15) is 0 Å². The molecular formula is C20H28ClN3O3. The fraction of sp³-hybridized carbons (Fsp3) is 0.600. The third kappa shape index (κ3) is 3.65. The molecule has 2 heterocycles. The van der Waals surface area contributed by atoms with E-state index < -0.39 is 0 Å². The number of carbonyl (C=O) groups is 2. The van der Waals surface area contributed by atoms with Gasteiger partial charge >= 0.3 is 0 Å². The van der Waals surface area contributed by atoms with Gasteiger partial charge in [-0.15, -0.1) is 12.4 Å². The number of rotatable bonds is 4. The third-order valence-corrected chi connectivity index (χ3v) is 6.15. The van der Waals surface area contributed by atoms with Crippen LogP contribution in [0.15, 0.2) is 24.3 Å². The van der Waals surface area contributed by atoms with Crippen LogP contribution in [-0.2, 0) is 9.59 Å². The molecule has 2 N–H and O–H groups in total. The van der Waals surface area contributed by atoms with E-state index in [1.54, 1.807) is 4.90 Å². The van der Waals surface area contributed by atoms with Gasteiger partial charge in [-0.25, -0.2) is 0 Å². The molecule has 4 rings (SSSR count). The Morgan fingerprint density at radius 2 is 2.00 bits per heavy atom. The molecule has 0 aromatic heterocycles. The third-order valence-electron chi connectivity index (χ3n) is 6.15. The van der Waals surface area contributed by atoms with Crippen LogP contribution >= 0.6 is 12.4 Å². The summed E-state index contributed by atoms with van der Waals surface area (Å²) in [6.45, 7) is 4.45. The van der Waals surface area contributed by atoms with Crippen molar-refractivity contribution in [3.8, 4) is 5.75 Å². The number of nitrogens with two attached hydrogens (primary N) is 1. The highest BCUT2D eigenvalue weighted by Gasteiger charge is 2.45. The largest absolute Gasteiger partial charge is 0.492 e. The predicted octanol–water partition coefficient (Wildman–Crippen LogP) is 2.06. The van der Waals surface area contributed by atoms with E-state index in [-0.39, 0.29) is 42.6 Å². The Labute approximate surface area is 166 Å². The molecule has 1 saturated carbocycles. The number of nitrogens with zero attached hydrogens (tertiary/aromatic N) is 2. The highest BCUT2D eigenvalue weighted by atomic mass is 35.5. The molecule has 0 spiro atoms. The Balaban J connectivity index is 0.00000210. The Morgan fingerprint density at radius 1 is 1.22 bits per heavy atom. The standard InChI is InChI=1S/C20H27N3O3.ClH/c1-2-26-18-6-4-3-5-17(18)23-11-14(9-19(23)24)20(25)22-10-13-7-8-16(21)15(13)12-22;/h3-6,13-16H,2,7-12,21H2,1H3;1H. The first-order valence-electron chi connectivity index (χ1n) is 9.65. The Kier molecular flexibility index (Phi) is 5.96. The summed E-state index contributed by atoms with van der Waals surface area (Å²) in [7, 11) is 0. The molecular weight excluding hydrogens is 366 g/mol. The average Bonchev–Trinajstić information content (AvgIpc) is 3.31. The fourth-order valence-electron chi connectivity index (χ4n) is 4.81. The molecule has 2 amide bonds. The summed E-state index contributed by atoms with van der Waals surface area (Å²) in [6, 6.07) is 7.75. The maximum Gasteiger partial charge on any atom is 0.228 e. The normalized spacial score (nSPS) is 29.6. The smallest absolute Gasteiger partial charge is 0.228 e. The SMILES string of the molecule is CCOc1ccccc1N1CC(C(=O)N2CC3CCC(N)C3C2)CC1=O.Cl. The molecule has 1 aliphatic carbocycles. The minimum Gasteiger partial charge on any atom is -0.492 e. The van der Waals surface area contributed by atoms with E-state index in [1.165, 1.54) is 0 Å². The quantitative estimate of drug-likeness (QED) is 0.849. The topological polar surface area (TPSA) is 75.9 Å². The zero-order valence-corrected chi connectivity index (χ0v) is 16.5. The number of halogens is 1. The van der Waals surface area contributed by atoms with Crippen molar-refractivity contribution in [2.75, 3.05) is 31.1 Å². The summed E-state index contributed by atoms with van der Waals surface area (Å²) in [5.41, 5.74) is 6.95. The predicted molar refractivity (Wildman–Crippen MR) is 106 cm³/mol. The molecule has 1 aromatic carbocycles. The molecule has 0 bridgehead atoms. The van der Waals surface area contributed by atoms with Crippen molar-refractivity contribution < 1.29 is 14.3 Å². The first-order chi connectivity index (χ1) is 12.6. The number of hydrogen-bond acceptors (Lipinski definition) is 4. The Hall–Kier alpha value is -1.79. The molecule has 1 aromatic rings. The molecule has 4 unspecified atom stereocenters. The molecule has 3 aliphatic rings. The van der Waals surface area contributed by atoms with E-state index in [4.69, 9.17) is 10.5 Å². The number of likely N-dealkylation sites (tertiary alicyclic amines) is 1. The number of anilines is 1. The number of ether oxygens (including phenoxy) is 1. The zero-order valence-electron chi connectivity index (χ0n) is 15.7. The second kappa shape index (κ2) is 8.07. The number of amides is 2. The molecule has 7 heteroatoms. The second-order valence-electron chi connectivity index (χ2n) is 7.71. The van der Waals surface area contributed by atoms with Crippen LogP contribution in [0.2, 0.25) is 0 Å².